The highest BCUT2D eigenvalue weighted by Gasteiger charge is 2.29. The van der Waals surface area contributed by atoms with Gasteiger partial charge in [-0.3, -0.25) is 0 Å². The maximum Gasteiger partial charge on any atom is 0.328 e. The van der Waals surface area contributed by atoms with E-state index in [-0.39, 0.29) is 10.8 Å². The van der Waals surface area contributed by atoms with Crippen molar-refractivity contribution >= 4 is 27.3 Å². The molecule has 2 rings (SSSR count). The number of ether oxygens (including phenoxy) is 1. The van der Waals surface area contributed by atoms with E-state index in [1.165, 1.54) is 6.07 Å². The first-order valence-corrected chi connectivity index (χ1v) is 10.0. The smallest absolute Gasteiger partial charge is 0.328 e. The summed E-state index contributed by atoms with van der Waals surface area (Å²) in [7, 11) is -3.78. The van der Waals surface area contributed by atoms with Gasteiger partial charge in [-0.15, -0.1) is 11.3 Å². The van der Waals surface area contributed by atoms with Gasteiger partial charge in [-0.2, -0.15) is 4.72 Å². The van der Waals surface area contributed by atoms with Gasteiger partial charge in [-0.05, 0) is 29.3 Å². The van der Waals surface area contributed by atoms with Gasteiger partial charge in [0.25, 0.3) is 10.0 Å². The van der Waals surface area contributed by atoms with Crippen LogP contribution in [0.4, 0.5) is 0 Å². The lowest BCUT2D eigenvalue weighted by atomic mass is 10.1. The minimum atomic E-state index is -3.78. The first kappa shape index (κ1) is 18.6. The molecular weight excluding hydrogens is 346 g/mol. The van der Waals surface area contributed by atoms with Crippen LogP contribution in [0.5, 0.6) is 0 Å². The molecule has 0 fully saturated rings. The summed E-state index contributed by atoms with van der Waals surface area (Å²) in [6.45, 7) is 4.32. The van der Waals surface area contributed by atoms with Crippen molar-refractivity contribution in [1.29, 1.82) is 0 Å². The van der Waals surface area contributed by atoms with Crippen molar-refractivity contribution in [3.05, 3.63) is 53.4 Å². The van der Waals surface area contributed by atoms with E-state index in [0.717, 1.165) is 17.8 Å². The SMILES string of the molecule is CC(C)CCOC(=O)[C@H](NS(=O)(=O)c1cccs1)c1ccccc1. The van der Waals surface area contributed by atoms with E-state index >= 15 is 0 Å². The maximum atomic E-state index is 12.5. The van der Waals surface area contributed by atoms with Crippen LogP contribution in [0.3, 0.4) is 0 Å². The number of benzene rings is 1. The summed E-state index contributed by atoms with van der Waals surface area (Å²) in [4.78, 5) is 12.4. The molecule has 0 saturated heterocycles. The number of rotatable bonds is 8. The van der Waals surface area contributed by atoms with Gasteiger partial charge in [0.1, 0.15) is 10.3 Å². The molecule has 0 saturated carbocycles. The molecule has 1 N–H and O–H groups in total. The van der Waals surface area contributed by atoms with Crippen molar-refractivity contribution in [2.45, 2.75) is 30.5 Å². The molecule has 1 aromatic heterocycles. The number of esters is 1. The minimum Gasteiger partial charge on any atom is -0.464 e. The van der Waals surface area contributed by atoms with Crippen LogP contribution in [0.1, 0.15) is 31.9 Å². The van der Waals surface area contributed by atoms with Crippen LogP contribution in [0.25, 0.3) is 0 Å². The van der Waals surface area contributed by atoms with Gasteiger partial charge in [0.2, 0.25) is 0 Å². The fraction of sp³-hybridized carbons (Fsp3) is 0.353. The number of thiophene rings is 1. The Morgan fingerprint density at radius 1 is 1.17 bits per heavy atom. The second-order valence-corrected chi connectivity index (χ2v) is 8.64. The number of hydrogen-bond donors (Lipinski definition) is 1. The topological polar surface area (TPSA) is 72.5 Å². The third-order valence-corrected chi connectivity index (χ3v) is 6.16. The van der Waals surface area contributed by atoms with E-state index in [0.29, 0.717) is 11.5 Å². The van der Waals surface area contributed by atoms with Gasteiger partial charge < -0.3 is 4.74 Å². The van der Waals surface area contributed by atoms with E-state index in [4.69, 9.17) is 4.74 Å². The van der Waals surface area contributed by atoms with Gasteiger partial charge >= 0.3 is 5.97 Å². The van der Waals surface area contributed by atoms with E-state index in [1.54, 1.807) is 41.8 Å². The zero-order valence-corrected chi connectivity index (χ0v) is 15.3. The molecule has 7 heteroatoms. The Labute approximate surface area is 146 Å². The Bertz CT molecular complexity index is 740. The van der Waals surface area contributed by atoms with Crippen molar-refractivity contribution in [3.8, 4) is 0 Å². The molecule has 24 heavy (non-hydrogen) atoms. The fourth-order valence-corrected chi connectivity index (χ4v) is 4.19. The molecule has 0 aliphatic heterocycles. The molecule has 2 aromatic rings. The largest absolute Gasteiger partial charge is 0.464 e. The zero-order chi connectivity index (χ0) is 17.6. The summed E-state index contributed by atoms with van der Waals surface area (Å²) in [6.07, 6.45) is 0.727. The van der Waals surface area contributed by atoms with Crippen molar-refractivity contribution in [1.82, 2.24) is 4.72 Å². The van der Waals surface area contributed by atoms with Crippen LogP contribution in [0.2, 0.25) is 0 Å². The second kappa shape index (κ2) is 8.41. The van der Waals surface area contributed by atoms with Crippen LogP contribution < -0.4 is 4.72 Å². The van der Waals surface area contributed by atoms with Crippen LogP contribution in [0, 0.1) is 5.92 Å². The third kappa shape index (κ3) is 5.15. The number of nitrogens with one attached hydrogen (secondary N) is 1. The van der Waals surface area contributed by atoms with E-state index in [9.17, 15) is 13.2 Å². The predicted octanol–water partition coefficient (Wildman–Crippen LogP) is 3.36. The number of carbonyl (C=O) groups is 1. The average Bonchev–Trinajstić information content (AvgIpc) is 3.08. The van der Waals surface area contributed by atoms with Crippen LogP contribution in [0.15, 0.2) is 52.1 Å². The summed E-state index contributed by atoms with van der Waals surface area (Å²) in [6, 6.07) is 10.8. The highest BCUT2D eigenvalue weighted by Crippen LogP contribution is 2.21. The summed E-state index contributed by atoms with van der Waals surface area (Å²) >= 11 is 1.10. The Kier molecular flexibility index (Phi) is 6.53. The van der Waals surface area contributed by atoms with Gasteiger partial charge in [0, 0.05) is 0 Å². The van der Waals surface area contributed by atoms with Crippen molar-refractivity contribution < 1.29 is 17.9 Å². The first-order chi connectivity index (χ1) is 11.4. The predicted molar refractivity (Wildman–Crippen MR) is 94.2 cm³/mol. The highest BCUT2D eigenvalue weighted by molar-refractivity contribution is 7.91. The molecule has 1 heterocycles. The normalized spacial score (nSPS) is 13.0. The maximum absolute atomic E-state index is 12.5. The van der Waals surface area contributed by atoms with Crippen LogP contribution >= 0.6 is 11.3 Å². The van der Waals surface area contributed by atoms with Gasteiger partial charge in [-0.1, -0.05) is 50.2 Å². The highest BCUT2D eigenvalue weighted by atomic mass is 32.2. The molecule has 0 aliphatic carbocycles. The molecular formula is C17H21NO4S2. The lowest BCUT2D eigenvalue weighted by Gasteiger charge is -2.18. The van der Waals surface area contributed by atoms with Crippen LogP contribution in [-0.4, -0.2) is 21.0 Å². The third-order valence-electron chi connectivity index (χ3n) is 3.34. The monoisotopic (exact) mass is 367 g/mol. The molecule has 0 bridgehead atoms. The minimum absolute atomic E-state index is 0.165. The Hall–Kier alpha value is -1.70. The Morgan fingerprint density at radius 3 is 2.46 bits per heavy atom. The molecule has 0 spiro atoms. The summed E-state index contributed by atoms with van der Waals surface area (Å²) < 4.78 is 32.8. The first-order valence-electron chi connectivity index (χ1n) is 7.67. The Balaban J connectivity index is 2.19. The van der Waals surface area contributed by atoms with E-state index in [1.807, 2.05) is 13.8 Å². The number of carbonyl (C=O) groups excluding carboxylic acids is 1. The Morgan fingerprint density at radius 2 is 1.88 bits per heavy atom. The summed E-state index contributed by atoms with van der Waals surface area (Å²) in [5.74, 6) is -0.197. The van der Waals surface area contributed by atoms with Crippen molar-refractivity contribution in [2.75, 3.05) is 6.61 Å². The molecule has 0 radical (unpaired) electrons. The van der Waals surface area contributed by atoms with Gasteiger partial charge in [-0.25, -0.2) is 13.2 Å². The summed E-state index contributed by atoms with van der Waals surface area (Å²) in [5.41, 5.74) is 0.548. The molecule has 130 valence electrons. The van der Waals surface area contributed by atoms with E-state index in [2.05, 4.69) is 4.72 Å². The summed E-state index contributed by atoms with van der Waals surface area (Å²) in [5, 5.41) is 1.67. The quantitative estimate of drug-likeness (QED) is 0.726. The molecule has 1 aromatic carbocycles. The lowest BCUT2D eigenvalue weighted by molar-refractivity contribution is -0.146. The molecule has 0 unspecified atom stereocenters. The van der Waals surface area contributed by atoms with Crippen molar-refractivity contribution in [2.24, 2.45) is 5.92 Å². The fourth-order valence-electron chi connectivity index (χ4n) is 2.01. The van der Waals surface area contributed by atoms with Crippen molar-refractivity contribution in [3.63, 3.8) is 0 Å². The number of sulfonamides is 1. The van der Waals surface area contributed by atoms with Crippen LogP contribution in [-0.2, 0) is 19.6 Å². The lowest BCUT2D eigenvalue weighted by Crippen LogP contribution is -2.34. The number of hydrogen-bond acceptors (Lipinski definition) is 5. The molecule has 1 atom stereocenters. The molecule has 5 nitrogen and oxygen atoms in total. The standard InChI is InChI=1S/C17H21NO4S2/c1-13(2)10-11-22-17(19)16(14-7-4-3-5-8-14)18-24(20,21)15-9-6-12-23-15/h3-9,12-13,16,18H,10-11H2,1-2H3/t16-/m1/s1. The van der Waals surface area contributed by atoms with Gasteiger partial charge in [0.15, 0.2) is 0 Å². The van der Waals surface area contributed by atoms with E-state index < -0.39 is 22.0 Å². The van der Waals surface area contributed by atoms with Gasteiger partial charge in [0.05, 0.1) is 6.61 Å². The average molecular weight is 367 g/mol. The molecule has 0 aliphatic rings. The molecule has 0 amide bonds. The second-order valence-electron chi connectivity index (χ2n) is 5.75. The zero-order valence-electron chi connectivity index (χ0n) is 13.6.